The molecule has 0 bridgehead atoms. The lowest BCUT2D eigenvalue weighted by atomic mass is 10.3. The molecule has 1 heterocycles. The van der Waals surface area contributed by atoms with Crippen molar-refractivity contribution in [3.63, 3.8) is 0 Å². The second-order valence-electron chi connectivity index (χ2n) is 3.91. The average molecular weight is 332 g/mol. The molecule has 4 nitrogen and oxygen atoms in total. The molecular weight excluding hydrogens is 318 g/mol. The van der Waals surface area contributed by atoms with Crippen molar-refractivity contribution >= 4 is 37.5 Å². The Morgan fingerprint density at radius 2 is 2.22 bits per heavy atom. The molecule has 0 saturated heterocycles. The molecule has 0 aliphatic carbocycles. The molecule has 1 aromatic carbocycles. The highest BCUT2D eigenvalue weighted by atomic mass is 79.9. The van der Waals surface area contributed by atoms with E-state index in [-0.39, 0.29) is 11.7 Å². The second-order valence-corrected chi connectivity index (χ2v) is 5.89. The molecule has 0 spiro atoms. The van der Waals surface area contributed by atoms with Crippen LogP contribution in [0.5, 0.6) is 0 Å². The van der Waals surface area contributed by atoms with Crippen LogP contribution in [0.4, 0.5) is 0 Å². The molecule has 6 heteroatoms. The molecule has 0 N–H and O–H groups in total. The number of nitrogens with zero attached hydrogens (tertiary/aromatic N) is 1. The summed E-state index contributed by atoms with van der Waals surface area (Å²) in [5.41, 5.74) is 0.0226. The normalized spacial score (nSPS) is 13.1. The molecule has 0 amide bonds. The zero-order chi connectivity index (χ0) is 13.1. The molecule has 1 aromatic heterocycles. The van der Waals surface area contributed by atoms with Crippen LogP contribution in [-0.4, -0.2) is 30.9 Å². The molecule has 1 atom stereocenters. The Morgan fingerprint density at radius 3 is 2.89 bits per heavy atom. The van der Waals surface area contributed by atoms with Gasteiger partial charge in [0.05, 0.1) is 29.3 Å². The Kier molecular flexibility index (Phi) is 4.55. The molecule has 1 unspecified atom stereocenters. The largest absolute Gasteiger partial charge is 0.382 e. The average Bonchev–Trinajstić information content (AvgIpc) is 2.66. The molecule has 0 fully saturated rings. The Labute approximate surface area is 117 Å². The van der Waals surface area contributed by atoms with Crippen molar-refractivity contribution in [2.24, 2.45) is 0 Å². The van der Waals surface area contributed by atoms with Crippen molar-refractivity contribution in [1.82, 2.24) is 3.96 Å². The quantitative estimate of drug-likeness (QED) is 0.845. The summed E-state index contributed by atoms with van der Waals surface area (Å²) < 4.78 is 13.9. The number of methoxy groups -OCH3 is 2. The van der Waals surface area contributed by atoms with Gasteiger partial charge in [-0.1, -0.05) is 27.5 Å². The van der Waals surface area contributed by atoms with Gasteiger partial charge in [-0.2, -0.15) is 0 Å². The number of hydrogen-bond donors (Lipinski definition) is 0. The molecule has 2 rings (SSSR count). The Hall–Kier alpha value is -0.690. The van der Waals surface area contributed by atoms with E-state index in [1.54, 1.807) is 18.2 Å². The van der Waals surface area contributed by atoms with E-state index in [0.29, 0.717) is 13.2 Å². The van der Waals surface area contributed by atoms with Crippen LogP contribution < -0.4 is 5.56 Å². The maximum Gasteiger partial charge on any atom is 0.268 e. The topological polar surface area (TPSA) is 40.5 Å². The third-order valence-corrected chi connectivity index (χ3v) is 4.24. The Bertz CT molecular complexity index is 593. The van der Waals surface area contributed by atoms with Crippen molar-refractivity contribution in [1.29, 1.82) is 0 Å². The van der Waals surface area contributed by atoms with E-state index in [2.05, 4.69) is 15.9 Å². The molecule has 98 valence electrons. The van der Waals surface area contributed by atoms with Crippen molar-refractivity contribution < 1.29 is 9.47 Å². The summed E-state index contributed by atoms with van der Waals surface area (Å²) in [7, 11) is 3.25. The number of aromatic nitrogens is 1. The van der Waals surface area contributed by atoms with E-state index in [1.165, 1.54) is 11.5 Å². The van der Waals surface area contributed by atoms with Crippen LogP contribution in [-0.2, 0) is 16.0 Å². The minimum atomic E-state index is -0.107. The van der Waals surface area contributed by atoms with Gasteiger partial charge < -0.3 is 9.47 Å². The summed E-state index contributed by atoms with van der Waals surface area (Å²) in [6.45, 7) is 0.987. The van der Waals surface area contributed by atoms with E-state index < -0.39 is 0 Å². The smallest absolute Gasteiger partial charge is 0.268 e. The lowest BCUT2D eigenvalue weighted by Gasteiger charge is -2.13. The van der Waals surface area contributed by atoms with Gasteiger partial charge in [0.2, 0.25) is 0 Å². The van der Waals surface area contributed by atoms with Crippen LogP contribution in [0, 0.1) is 0 Å². The Balaban J connectivity index is 2.34. The maximum atomic E-state index is 12.2. The maximum absolute atomic E-state index is 12.2. The van der Waals surface area contributed by atoms with Crippen molar-refractivity contribution in [3.05, 3.63) is 33.0 Å². The van der Waals surface area contributed by atoms with E-state index in [4.69, 9.17) is 9.47 Å². The molecule has 0 radical (unpaired) electrons. The molecule has 0 saturated carbocycles. The first-order valence-corrected chi connectivity index (χ1v) is 7.03. The molecular formula is C12H14BrNO3S. The highest BCUT2D eigenvalue weighted by molar-refractivity contribution is 9.10. The fourth-order valence-corrected chi connectivity index (χ4v) is 3.12. The lowest BCUT2D eigenvalue weighted by Crippen LogP contribution is -2.27. The fourth-order valence-electron chi connectivity index (χ4n) is 1.73. The fraction of sp³-hybridized carbons (Fsp3) is 0.417. The van der Waals surface area contributed by atoms with Gasteiger partial charge in [-0.25, -0.2) is 0 Å². The minimum absolute atomic E-state index is 0.0226. The number of hydrogen-bond acceptors (Lipinski definition) is 4. The number of fused-ring (bicyclic) bond motifs is 1. The first kappa shape index (κ1) is 13.7. The van der Waals surface area contributed by atoms with Crippen molar-refractivity contribution in [3.8, 4) is 0 Å². The summed E-state index contributed by atoms with van der Waals surface area (Å²) >= 11 is 4.83. The predicted molar refractivity (Wildman–Crippen MR) is 76.5 cm³/mol. The van der Waals surface area contributed by atoms with Crippen LogP contribution in [0.1, 0.15) is 0 Å². The van der Waals surface area contributed by atoms with Gasteiger partial charge in [-0.15, -0.1) is 0 Å². The SMILES string of the molecule is COCC(Cn1sc2ccc(Br)cc2c1=O)OC. The van der Waals surface area contributed by atoms with E-state index >= 15 is 0 Å². The first-order chi connectivity index (χ1) is 8.65. The summed E-state index contributed by atoms with van der Waals surface area (Å²) in [5.74, 6) is 0. The zero-order valence-corrected chi connectivity index (χ0v) is 12.6. The third kappa shape index (κ3) is 2.83. The predicted octanol–water partition coefficient (Wildman–Crippen LogP) is 2.49. The monoisotopic (exact) mass is 331 g/mol. The van der Waals surface area contributed by atoms with E-state index in [0.717, 1.165) is 14.6 Å². The zero-order valence-electron chi connectivity index (χ0n) is 10.2. The van der Waals surface area contributed by atoms with Gasteiger partial charge in [-0.3, -0.25) is 8.75 Å². The molecule has 0 aliphatic rings. The third-order valence-electron chi connectivity index (χ3n) is 2.66. The van der Waals surface area contributed by atoms with Crippen LogP contribution in [0.2, 0.25) is 0 Å². The number of rotatable bonds is 5. The standard InChI is InChI=1S/C12H14BrNO3S/c1-16-7-9(17-2)6-14-12(15)10-5-8(13)3-4-11(10)18-14/h3-5,9H,6-7H2,1-2H3. The number of ether oxygens (including phenoxy) is 2. The summed E-state index contributed by atoms with van der Waals surface area (Å²) in [4.78, 5) is 12.2. The van der Waals surface area contributed by atoms with Gasteiger partial charge >= 0.3 is 0 Å². The first-order valence-electron chi connectivity index (χ1n) is 5.47. The molecule has 18 heavy (non-hydrogen) atoms. The van der Waals surface area contributed by atoms with Gasteiger partial charge in [0.1, 0.15) is 0 Å². The lowest BCUT2D eigenvalue weighted by molar-refractivity contribution is 0.0196. The van der Waals surface area contributed by atoms with Crippen molar-refractivity contribution in [2.45, 2.75) is 12.6 Å². The summed E-state index contributed by atoms with van der Waals surface area (Å²) in [6, 6.07) is 5.73. The molecule has 0 aliphatic heterocycles. The highest BCUT2D eigenvalue weighted by Crippen LogP contribution is 2.21. The van der Waals surface area contributed by atoms with Crippen LogP contribution in [0.15, 0.2) is 27.5 Å². The second kappa shape index (κ2) is 5.97. The van der Waals surface area contributed by atoms with E-state index in [1.807, 2.05) is 18.2 Å². The van der Waals surface area contributed by atoms with E-state index in [9.17, 15) is 4.79 Å². The Morgan fingerprint density at radius 1 is 1.44 bits per heavy atom. The van der Waals surface area contributed by atoms with Gasteiger partial charge in [0.25, 0.3) is 5.56 Å². The minimum Gasteiger partial charge on any atom is -0.382 e. The van der Waals surface area contributed by atoms with Gasteiger partial charge in [0.15, 0.2) is 0 Å². The summed E-state index contributed by atoms with van der Waals surface area (Å²) in [6.07, 6.45) is -0.107. The van der Waals surface area contributed by atoms with Crippen LogP contribution >= 0.6 is 27.5 Å². The number of benzene rings is 1. The van der Waals surface area contributed by atoms with Crippen LogP contribution in [0.3, 0.4) is 0 Å². The van der Waals surface area contributed by atoms with Gasteiger partial charge in [0, 0.05) is 18.7 Å². The number of halogens is 1. The highest BCUT2D eigenvalue weighted by Gasteiger charge is 2.13. The molecule has 2 aromatic rings. The van der Waals surface area contributed by atoms with Gasteiger partial charge in [-0.05, 0) is 18.2 Å². The van der Waals surface area contributed by atoms with Crippen molar-refractivity contribution in [2.75, 3.05) is 20.8 Å². The van der Waals surface area contributed by atoms with Crippen LogP contribution in [0.25, 0.3) is 10.1 Å². The summed E-state index contributed by atoms with van der Waals surface area (Å²) in [5, 5.41) is 0.738.